The molecule has 4 unspecified atom stereocenters. The zero-order chi connectivity index (χ0) is 13.3. The molecule has 0 saturated heterocycles. The maximum atomic E-state index is 5.97. The van der Waals surface area contributed by atoms with Gasteiger partial charge in [0.15, 0.2) is 0 Å². The van der Waals surface area contributed by atoms with Crippen LogP contribution in [-0.4, -0.2) is 24.8 Å². The third kappa shape index (κ3) is 2.35. The molecule has 0 radical (unpaired) electrons. The Bertz CT molecular complexity index is 300. The van der Waals surface area contributed by atoms with Crippen LogP contribution in [0.4, 0.5) is 0 Å². The van der Waals surface area contributed by atoms with Crippen molar-refractivity contribution in [2.45, 2.75) is 89.8 Å². The second-order valence-electron chi connectivity index (χ2n) is 7.04. The molecule has 2 heteroatoms. The third-order valence-corrected chi connectivity index (χ3v) is 6.29. The van der Waals surface area contributed by atoms with Crippen molar-refractivity contribution in [3.63, 3.8) is 0 Å². The normalized spacial score (nSPS) is 40.7. The molecule has 3 rings (SSSR count). The molecule has 3 aliphatic carbocycles. The van der Waals surface area contributed by atoms with E-state index >= 15 is 0 Å². The van der Waals surface area contributed by atoms with Gasteiger partial charge in [0, 0.05) is 24.1 Å². The van der Waals surface area contributed by atoms with Gasteiger partial charge in [0.2, 0.25) is 0 Å². The minimum Gasteiger partial charge on any atom is -0.378 e. The molecule has 0 aromatic carbocycles. The van der Waals surface area contributed by atoms with E-state index < -0.39 is 0 Å². The molecule has 0 bridgehead atoms. The second kappa shape index (κ2) is 5.73. The van der Waals surface area contributed by atoms with Crippen molar-refractivity contribution in [2.24, 2.45) is 11.3 Å². The van der Waals surface area contributed by atoms with Gasteiger partial charge in [0.05, 0.1) is 6.10 Å². The molecule has 3 aliphatic rings. The standard InChI is InChI=1S/C17H31NO/c1-3-13-8-5-6-9-14(13)18-15-12-16(19-4-2)17(15)10-7-11-17/h13-16,18H,3-12H2,1-2H3. The average molecular weight is 265 g/mol. The van der Waals surface area contributed by atoms with Crippen LogP contribution in [0.1, 0.15) is 71.6 Å². The summed E-state index contributed by atoms with van der Waals surface area (Å²) < 4.78 is 5.97. The lowest BCUT2D eigenvalue weighted by molar-refractivity contribution is -0.176. The number of ether oxygens (including phenoxy) is 1. The smallest absolute Gasteiger partial charge is 0.0661 e. The fraction of sp³-hybridized carbons (Fsp3) is 1.00. The van der Waals surface area contributed by atoms with Crippen molar-refractivity contribution in [3.05, 3.63) is 0 Å². The van der Waals surface area contributed by atoms with Gasteiger partial charge in [-0.25, -0.2) is 0 Å². The van der Waals surface area contributed by atoms with E-state index in [1.165, 1.54) is 57.8 Å². The Morgan fingerprint density at radius 1 is 1.11 bits per heavy atom. The molecule has 1 N–H and O–H groups in total. The molecule has 0 heterocycles. The molecule has 3 saturated carbocycles. The van der Waals surface area contributed by atoms with Gasteiger partial charge in [0.25, 0.3) is 0 Å². The molecule has 0 aliphatic heterocycles. The topological polar surface area (TPSA) is 21.3 Å². The fourth-order valence-corrected chi connectivity index (χ4v) is 4.85. The van der Waals surface area contributed by atoms with E-state index in [2.05, 4.69) is 19.2 Å². The maximum absolute atomic E-state index is 5.97. The highest BCUT2D eigenvalue weighted by molar-refractivity contribution is 5.13. The molecular weight excluding hydrogens is 234 g/mol. The van der Waals surface area contributed by atoms with Gasteiger partial charge in [-0.2, -0.15) is 0 Å². The van der Waals surface area contributed by atoms with Crippen LogP contribution in [0.15, 0.2) is 0 Å². The minimum absolute atomic E-state index is 0.533. The summed E-state index contributed by atoms with van der Waals surface area (Å²) in [5.41, 5.74) is 0.533. The SMILES string of the molecule is CCOC1CC(NC2CCCCC2CC)C12CCC2. The van der Waals surface area contributed by atoms with E-state index in [1.54, 1.807) is 0 Å². The Balaban J connectivity index is 1.58. The molecule has 0 aromatic heterocycles. The Labute approximate surface area is 118 Å². The van der Waals surface area contributed by atoms with Crippen LogP contribution in [0.3, 0.4) is 0 Å². The van der Waals surface area contributed by atoms with E-state index in [1.807, 2.05) is 0 Å². The average Bonchev–Trinajstić information content (AvgIpc) is 2.36. The van der Waals surface area contributed by atoms with E-state index in [0.29, 0.717) is 11.5 Å². The largest absolute Gasteiger partial charge is 0.378 e. The highest BCUT2D eigenvalue weighted by Crippen LogP contribution is 2.57. The highest BCUT2D eigenvalue weighted by Gasteiger charge is 2.59. The zero-order valence-electron chi connectivity index (χ0n) is 12.8. The van der Waals surface area contributed by atoms with E-state index in [0.717, 1.165) is 24.6 Å². The third-order valence-electron chi connectivity index (χ3n) is 6.29. The monoisotopic (exact) mass is 265 g/mol. The van der Waals surface area contributed by atoms with Crippen LogP contribution in [-0.2, 0) is 4.74 Å². The Hall–Kier alpha value is -0.0800. The summed E-state index contributed by atoms with van der Waals surface area (Å²) in [6, 6.07) is 1.55. The van der Waals surface area contributed by atoms with Crippen molar-refractivity contribution < 1.29 is 4.74 Å². The summed E-state index contributed by atoms with van der Waals surface area (Å²) in [6.07, 6.45) is 13.1. The minimum atomic E-state index is 0.533. The molecule has 1 spiro atoms. The first kappa shape index (κ1) is 13.9. The number of hydrogen-bond acceptors (Lipinski definition) is 2. The molecule has 0 amide bonds. The number of nitrogens with one attached hydrogen (secondary N) is 1. The highest BCUT2D eigenvalue weighted by atomic mass is 16.5. The summed E-state index contributed by atoms with van der Waals surface area (Å²) >= 11 is 0. The second-order valence-corrected chi connectivity index (χ2v) is 7.04. The summed E-state index contributed by atoms with van der Waals surface area (Å²) in [4.78, 5) is 0. The van der Waals surface area contributed by atoms with E-state index in [4.69, 9.17) is 4.74 Å². The predicted octanol–water partition coefficient (Wildman–Crippen LogP) is 3.89. The van der Waals surface area contributed by atoms with Gasteiger partial charge in [0.1, 0.15) is 0 Å². The van der Waals surface area contributed by atoms with Gasteiger partial charge in [-0.15, -0.1) is 0 Å². The van der Waals surface area contributed by atoms with Crippen LogP contribution in [0.2, 0.25) is 0 Å². The molecule has 19 heavy (non-hydrogen) atoms. The van der Waals surface area contributed by atoms with Gasteiger partial charge in [-0.1, -0.05) is 32.6 Å². The molecule has 0 aromatic rings. The summed E-state index contributed by atoms with van der Waals surface area (Å²) in [5, 5.41) is 4.06. The lowest BCUT2D eigenvalue weighted by Crippen LogP contribution is -2.68. The van der Waals surface area contributed by atoms with Crippen LogP contribution >= 0.6 is 0 Å². The fourth-order valence-electron chi connectivity index (χ4n) is 4.85. The van der Waals surface area contributed by atoms with Crippen LogP contribution in [0.5, 0.6) is 0 Å². The lowest BCUT2D eigenvalue weighted by Gasteiger charge is -2.62. The van der Waals surface area contributed by atoms with Crippen LogP contribution < -0.4 is 5.32 Å². The van der Waals surface area contributed by atoms with Gasteiger partial charge in [-0.3, -0.25) is 0 Å². The zero-order valence-corrected chi connectivity index (χ0v) is 12.8. The van der Waals surface area contributed by atoms with Crippen molar-refractivity contribution >= 4 is 0 Å². The molecule has 4 atom stereocenters. The quantitative estimate of drug-likeness (QED) is 0.814. The van der Waals surface area contributed by atoms with E-state index in [9.17, 15) is 0 Å². The van der Waals surface area contributed by atoms with Crippen molar-refractivity contribution in [2.75, 3.05) is 6.61 Å². The van der Waals surface area contributed by atoms with Crippen LogP contribution in [0.25, 0.3) is 0 Å². The lowest BCUT2D eigenvalue weighted by atomic mass is 9.50. The first-order valence-corrected chi connectivity index (χ1v) is 8.67. The number of rotatable bonds is 5. The first-order valence-electron chi connectivity index (χ1n) is 8.67. The van der Waals surface area contributed by atoms with Gasteiger partial charge >= 0.3 is 0 Å². The number of hydrogen-bond donors (Lipinski definition) is 1. The van der Waals surface area contributed by atoms with Crippen molar-refractivity contribution in [1.82, 2.24) is 5.32 Å². The van der Waals surface area contributed by atoms with Crippen molar-refractivity contribution in [3.8, 4) is 0 Å². The van der Waals surface area contributed by atoms with Crippen molar-refractivity contribution in [1.29, 1.82) is 0 Å². The summed E-state index contributed by atoms with van der Waals surface area (Å²) in [6.45, 7) is 5.40. The Morgan fingerprint density at radius 3 is 2.53 bits per heavy atom. The summed E-state index contributed by atoms with van der Waals surface area (Å²) in [5.74, 6) is 0.928. The molecule has 110 valence electrons. The van der Waals surface area contributed by atoms with E-state index in [-0.39, 0.29) is 0 Å². The van der Waals surface area contributed by atoms with Crippen LogP contribution in [0, 0.1) is 11.3 Å². The molecular formula is C17H31NO. The van der Waals surface area contributed by atoms with Gasteiger partial charge in [-0.05, 0) is 44.9 Å². The van der Waals surface area contributed by atoms with Gasteiger partial charge < -0.3 is 10.1 Å². The maximum Gasteiger partial charge on any atom is 0.0661 e. The first-order chi connectivity index (χ1) is 9.30. The Kier molecular flexibility index (Phi) is 4.19. The molecule has 3 fully saturated rings. The predicted molar refractivity (Wildman–Crippen MR) is 79.3 cm³/mol. The molecule has 2 nitrogen and oxygen atoms in total. The summed E-state index contributed by atoms with van der Waals surface area (Å²) in [7, 11) is 0. The Morgan fingerprint density at radius 2 is 1.89 bits per heavy atom.